The zero-order valence-corrected chi connectivity index (χ0v) is 18.6. The largest absolute Gasteiger partial charge is 0.507 e. The van der Waals surface area contributed by atoms with E-state index < -0.39 is 5.63 Å². The van der Waals surface area contributed by atoms with Gasteiger partial charge in [-0.05, 0) is 58.7 Å². The fraction of sp³-hybridized carbons (Fsp3) is 0.129. The first-order chi connectivity index (χ1) is 16.7. The Morgan fingerprint density at radius 1 is 0.735 bits per heavy atom. The third kappa shape index (κ3) is 3.50. The number of hydrogen-bond donors (Lipinski definition) is 1. The van der Waals surface area contributed by atoms with E-state index in [9.17, 15) is 9.90 Å². The third-order valence-electron chi connectivity index (χ3n) is 7.07. The number of benzene rings is 4. The Hall–Kier alpha value is -4.11. The molecule has 3 nitrogen and oxygen atoms in total. The Morgan fingerprint density at radius 2 is 1.41 bits per heavy atom. The smallest absolute Gasteiger partial charge is 0.343 e. The van der Waals surface area contributed by atoms with Crippen LogP contribution < -0.4 is 5.63 Å². The lowest BCUT2D eigenvalue weighted by atomic mass is 9.72. The van der Waals surface area contributed by atoms with Crippen molar-refractivity contribution < 1.29 is 9.52 Å². The summed E-state index contributed by atoms with van der Waals surface area (Å²) >= 11 is 0. The van der Waals surface area contributed by atoms with E-state index in [0.29, 0.717) is 23.0 Å². The topological polar surface area (TPSA) is 50.4 Å². The monoisotopic (exact) mass is 444 g/mol. The molecule has 0 amide bonds. The molecular weight excluding hydrogens is 420 g/mol. The van der Waals surface area contributed by atoms with Gasteiger partial charge in [0.25, 0.3) is 0 Å². The lowest BCUT2D eigenvalue weighted by Crippen LogP contribution is -2.23. The maximum atomic E-state index is 13.0. The van der Waals surface area contributed by atoms with Crippen molar-refractivity contribution in [2.75, 3.05) is 0 Å². The molecule has 166 valence electrons. The average Bonchev–Trinajstić information content (AvgIpc) is 2.89. The van der Waals surface area contributed by atoms with Gasteiger partial charge in [-0.2, -0.15) is 0 Å². The average molecular weight is 445 g/mol. The van der Waals surface area contributed by atoms with Crippen LogP contribution in [-0.2, 0) is 6.42 Å². The fourth-order valence-electron chi connectivity index (χ4n) is 5.40. The SMILES string of the molecule is O=c1oc2ccccc2c(O)c1[C@H]1Cc2ccccc2[C@@H](c2ccc(-c3ccccc3)cc2)C1. The molecule has 1 heterocycles. The van der Waals surface area contributed by atoms with E-state index in [4.69, 9.17) is 4.42 Å². The predicted molar refractivity (Wildman–Crippen MR) is 135 cm³/mol. The minimum absolute atomic E-state index is 0.0504. The van der Waals surface area contributed by atoms with Gasteiger partial charge in [0.15, 0.2) is 0 Å². The summed E-state index contributed by atoms with van der Waals surface area (Å²) in [6.07, 6.45) is 1.43. The van der Waals surface area contributed by atoms with Crippen molar-refractivity contribution >= 4 is 11.0 Å². The van der Waals surface area contributed by atoms with Crippen LogP contribution >= 0.6 is 0 Å². The highest BCUT2D eigenvalue weighted by Crippen LogP contribution is 2.45. The maximum Gasteiger partial charge on any atom is 0.343 e. The van der Waals surface area contributed by atoms with Gasteiger partial charge in [-0.1, -0.05) is 91.0 Å². The summed E-state index contributed by atoms with van der Waals surface area (Å²) in [7, 11) is 0. The van der Waals surface area contributed by atoms with Crippen LogP contribution in [0.25, 0.3) is 22.1 Å². The third-order valence-corrected chi connectivity index (χ3v) is 7.07. The van der Waals surface area contributed by atoms with Gasteiger partial charge in [-0.3, -0.25) is 0 Å². The van der Waals surface area contributed by atoms with E-state index in [-0.39, 0.29) is 17.6 Å². The molecule has 1 aliphatic rings. The molecule has 1 N–H and O–H groups in total. The van der Waals surface area contributed by atoms with Crippen molar-refractivity contribution in [3.8, 4) is 16.9 Å². The Labute approximate surface area is 197 Å². The molecule has 0 saturated carbocycles. The first-order valence-corrected chi connectivity index (χ1v) is 11.7. The summed E-state index contributed by atoms with van der Waals surface area (Å²) in [5, 5.41) is 11.7. The van der Waals surface area contributed by atoms with E-state index in [1.807, 2.05) is 30.3 Å². The number of fused-ring (bicyclic) bond motifs is 2. The van der Waals surface area contributed by atoms with Crippen LogP contribution in [0.2, 0.25) is 0 Å². The van der Waals surface area contributed by atoms with Gasteiger partial charge in [0.1, 0.15) is 11.3 Å². The number of rotatable bonds is 3. The number of para-hydroxylation sites is 1. The zero-order chi connectivity index (χ0) is 23.1. The first kappa shape index (κ1) is 20.5. The standard InChI is InChI=1S/C31H24O3/c32-30-26-12-6-7-13-28(26)34-31(33)29(30)24-18-23-10-4-5-11-25(23)27(19-24)22-16-14-21(15-17-22)20-8-2-1-3-9-20/h1-17,24,27,32H,18-19H2/t24-,27+/m0/s1. The molecular formula is C31H24O3. The molecule has 34 heavy (non-hydrogen) atoms. The van der Waals surface area contributed by atoms with Gasteiger partial charge >= 0.3 is 5.63 Å². The van der Waals surface area contributed by atoms with Gasteiger partial charge in [-0.15, -0.1) is 0 Å². The molecule has 4 aromatic carbocycles. The number of aromatic hydroxyl groups is 1. The molecule has 0 unspecified atom stereocenters. The highest BCUT2D eigenvalue weighted by atomic mass is 16.4. The van der Waals surface area contributed by atoms with Crippen LogP contribution in [-0.4, -0.2) is 5.11 Å². The molecule has 0 fully saturated rings. The normalized spacial score (nSPS) is 17.4. The fourth-order valence-corrected chi connectivity index (χ4v) is 5.40. The maximum absolute atomic E-state index is 13.0. The quantitative estimate of drug-likeness (QED) is 0.304. The summed E-state index contributed by atoms with van der Waals surface area (Å²) in [5.74, 6) is 0.0500. The molecule has 1 aliphatic carbocycles. The molecule has 2 atom stereocenters. The molecule has 0 aliphatic heterocycles. The van der Waals surface area contributed by atoms with Gasteiger partial charge in [0.05, 0.1) is 10.9 Å². The summed E-state index contributed by atoms with van der Waals surface area (Å²) in [4.78, 5) is 13.0. The molecule has 5 aromatic rings. The summed E-state index contributed by atoms with van der Waals surface area (Å²) in [5.41, 5.74) is 6.43. The second kappa shape index (κ2) is 8.35. The van der Waals surface area contributed by atoms with Crippen LogP contribution in [0.3, 0.4) is 0 Å². The Balaban J connectivity index is 1.42. The molecule has 6 rings (SSSR count). The minimum atomic E-state index is -0.446. The van der Waals surface area contributed by atoms with Crippen molar-refractivity contribution in [2.24, 2.45) is 0 Å². The van der Waals surface area contributed by atoms with E-state index in [1.54, 1.807) is 18.2 Å². The first-order valence-electron chi connectivity index (χ1n) is 11.7. The second-order valence-electron chi connectivity index (χ2n) is 9.02. The van der Waals surface area contributed by atoms with E-state index in [1.165, 1.54) is 27.8 Å². The van der Waals surface area contributed by atoms with Gasteiger partial charge in [0, 0.05) is 5.92 Å². The lowest BCUT2D eigenvalue weighted by molar-refractivity contribution is 0.429. The van der Waals surface area contributed by atoms with E-state index in [0.717, 1.165) is 6.42 Å². The molecule has 0 spiro atoms. The highest BCUT2D eigenvalue weighted by Gasteiger charge is 2.33. The van der Waals surface area contributed by atoms with Gasteiger partial charge in [0.2, 0.25) is 0 Å². The summed E-state index contributed by atoms with van der Waals surface area (Å²) in [6.45, 7) is 0. The van der Waals surface area contributed by atoms with Crippen molar-refractivity contribution in [2.45, 2.75) is 24.7 Å². The molecule has 1 aromatic heterocycles. The minimum Gasteiger partial charge on any atom is -0.507 e. The summed E-state index contributed by atoms with van der Waals surface area (Å²) in [6, 6.07) is 34.7. The van der Waals surface area contributed by atoms with Crippen LogP contribution in [0.4, 0.5) is 0 Å². The molecule has 0 bridgehead atoms. The second-order valence-corrected chi connectivity index (χ2v) is 9.02. The van der Waals surface area contributed by atoms with E-state index >= 15 is 0 Å². The Bertz CT molecular complexity index is 1530. The molecule has 0 saturated heterocycles. The van der Waals surface area contributed by atoms with Crippen LogP contribution in [0.1, 0.15) is 40.5 Å². The molecule has 0 radical (unpaired) electrons. The van der Waals surface area contributed by atoms with Crippen molar-refractivity contribution in [1.29, 1.82) is 0 Å². The van der Waals surface area contributed by atoms with Crippen LogP contribution in [0.15, 0.2) is 112 Å². The summed E-state index contributed by atoms with van der Waals surface area (Å²) < 4.78 is 5.60. The van der Waals surface area contributed by atoms with Crippen LogP contribution in [0.5, 0.6) is 5.75 Å². The highest BCUT2D eigenvalue weighted by molar-refractivity contribution is 5.84. The van der Waals surface area contributed by atoms with Crippen molar-refractivity contribution in [1.82, 2.24) is 0 Å². The predicted octanol–water partition coefficient (Wildman–Crippen LogP) is 7.03. The number of hydrogen-bond acceptors (Lipinski definition) is 3. The lowest BCUT2D eigenvalue weighted by Gasteiger charge is -2.32. The van der Waals surface area contributed by atoms with Crippen LogP contribution in [0, 0.1) is 0 Å². The van der Waals surface area contributed by atoms with Crippen molar-refractivity contribution in [3.63, 3.8) is 0 Å². The Morgan fingerprint density at radius 3 is 2.24 bits per heavy atom. The van der Waals surface area contributed by atoms with Crippen molar-refractivity contribution in [3.05, 3.63) is 136 Å². The van der Waals surface area contributed by atoms with Gasteiger partial charge < -0.3 is 9.52 Å². The zero-order valence-electron chi connectivity index (χ0n) is 18.6. The molecule has 3 heteroatoms. The van der Waals surface area contributed by atoms with Gasteiger partial charge in [-0.25, -0.2) is 4.79 Å². The Kier molecular flexibility index (Phi) is 5.03. The van der Waals surface area contributed by atoms with E-state index in [2.05, 4.69) is 54.6 Å².